The van der Waals surface area contributed by atoms with Crippen molar-refractivity contribution < 1.29 is 70.3 Å². The van der Waals surface area contributed by atoms with E-state index >= 15 is 0 Å². The van der Waals surface area contributed by atoms with Crippen LogP contribution in [-0.2, 0) is 60.3 Å². The van der Waals surface area contributed by atoms with Crippen LogP contribution in [0.25, 0.3) is 11.0 Å². The third-order valence-corrected chi connectivity index (χ3v) is 11.2. The molecular formula is C46H65ClF3N8O12P. The fourth-order valence-electron chi connectivity index (χ4n) is 6.97. The van der Waals surface area contributed by atoms with Gasteiger partial charge < -0.3 is 67.9 Å². The van der Waals surface area contributed by atoms with Crippen molar-refractivity contribution in [3.05, 3.63) is 82.0 Å². The second kappa shape index (κ2) is 33.6. The lowest BCUT2D eigenvalue weighted by Crippen LogP contribution is -2.29. The molecule has 0 saturated carbocycles. The van der Waals surface area contributed by atoms with Crippen molar-refractivity contribution in [2.75, 3.05) is 137 Å². The molecule has 0 radical (unpaired) electrons. The number of anilines is 1. The molecular weight excluding hydrogens is 980 g/mol. The molecule has 1 aliphatic rings. The molecule has 0 spiro atoms. The molecule has 71 heavy (non-hydrogen) atoms. The lowest BCUT2D eigenvalue weighted by molar-refractivity contribution is -0.0384. The number of nitrogens with zero attached hydrogens (tertiary/aromatic N) is 7. The number of aliphatic imine (C=N–C) groups is 1. The van der Waals surface area contributed by atoms with Crippen LogP contribution in [0.15, 0.2) is 52.7 Å². The molecule has 3 heterocycles. The smallest absolute Gasteiger partial charge is 0.192 e. The zero-order valence-corrected chi connectivity index (χ0v) is 41.5. The number of rotatable bonds is 38. The van der Waals surface area contributed by atoms with Gasteiger partial charge in [-0.25, -0.2) is 27.8 Å². The van der Waals surface area contributed by atoms with Crippen LogP contribution in [0.3, 0.4) is 0 Å². The molecule has 5 rings (SSSR count). The summed E-state index contributed by atoms with van der Waals surface area (Å²) in [7, 11) is -2.12. The lowest BCUT2D eigenvalue weighted by atomic mass is 10.1. The van der Waals surface area contributed by atoms with E-state index < -0.39 is 25.8 Å². The molecule has 2 unspecified atom stereocenters. The zero-order valence-electron chi connectivity index (χ0n) is 39.9. The summed E-state index contributed by atoms with van der Waals surface area (Å²) in [5.41, 5.74) is 1.83. The van der Waals surface area contributed by atoms with Gasteiger partial charge in [0.1, 0.15) is 41.2 Å². The van der Waals surface area contributed by atoms with Crippen LogP contribution in [0.5, 0.6) is 0 Å². The Hall–Kier alpha value is -4.04. The zero-order chi connectivity index (χ0) is 50.5. The van der Waals surface area contributed by atoms with Crippen LogP contribution in [-0.4, -0.2) is 179 Å². The lowest BCUT2D eigenvalue weighted by Gasteiger charge is -2.25. The van der Waals surface area contributed by atoms with E-state index in [0.717, 1.165) is 17.4 Å². The van der Waals surface area contributed by atoms with Crippen LogP contribution >= 0.6 is 20.0 Å². The predicted molar refractivity (Wildman–Crippen MR) is 259 cm³/mol. The Morgan fingerprint density at radius 2 is 1.44 bits per heavy atom. The largest absolute Gasteiger partial charge is 0.379 e. The average molecular weight is 1050 g/mol. The minimum atomic E-state index is -2.12. The highest BCUT2D eigenvalue weighted by Crippen LogP contribution is 2.34. The molecule has 25 heteroatoms. The number of aryl methyl sites for hydroxylation is 1. The summed E-state index contributed by atoms with van der Waals surface area (Å²) in [5, 5.41) is 9.77. The van der Waals surface area contributed by atoms with Gasteiger partial charge in [-0.3, -0.25) is 4.99 Å². The van der Waals surface area contributed by atoms with E-state index in [4.69, 9.17) is 84.6 Å². The molecule has 2 aromatic heterocycles. The van der Waals surface area contributed by atoms with Crippen molar-refractivity contribution in [3.63, 3.8) is 0 Å². The SMILES string of the molecule is Cc1nc(N(CCOCCOCCOCCOC/C(C=NCCOCCOCCOCCOCCc2c(F)cc(F)cc2F)=N/N)Cc2ccccc2Cl)c2cnn(C3CCC(COCP(O)O)O3)c2n1. The Balaban J connectivity index is 0.860. The van der Waals surface area contributed by atoms with Crippen LogP contribution < -0.4 is 10.7 Å². The van der Waals surface area contributed by atoms with Gasteiger partial charge in [0.05, 0.1) is 137 Å². The quantitative estimate of drug-likeness (QED) is 0.0178. The van der Waals surface area contributed by atoms with E-state index in [-0.39, 0.29) is 63.7 Å². The van der Waals surface area contributed by atoms with Gasteiger partial charge in [0, 0.05) is 48.4 Å². The summed E-state index contributed by atoms with van der Waals surface area (Å²) in [4.78, 5) is 34.3. The molecule has 0 amide bonds. The fraction of sp³-hybridized carbons (Fsp3) is 0.587. The van der Waals surface area contributed by atoms with E-state index in [1.165, 1.54) is 6.21 Å². The minimum absolute atomic E-state index is 0.0108. The maximum Gasteiger partial charge on any atom is 0.192 e. The van der Waals surface area contributed by atoms with Gasteiger partial charge in [0.15, 0.2) is 20.3 Å². The second-order valence-corrected chi connectivity index (χ2v) is 17.1. The molecule has 1 aliphatic heterocycles. The summed E-state index contributed by atoms with van der Waals surface area (Å²) in [6.45, 7) is 8.68. The summed E-state index contributed by atoms with van der Waals surface area (Å²) < 4.78 is 98.2. The molecule has 1 saturated heterocycles. The maximum absolute atomic E-state index is 13.7. The van der Waals surface area contributed by atoms with Gasteiger partial charge in [-0.2, -0.15) is 10.2 Å². The number of halogens is 4. The van der Waals surface area contributed by atoms with Crippen molar-refractivity contribution in [3.8, 4) is 0 Å². The topological polar surface area (TPSA) is 230 Å². The molecule has 4 aromatic rings. The monoisotopic (exact) mass is 1040 g/mol. The van der Waals surface area contributed by atoms with E-state index in [1.807, 2.05) is 31.2 Å². The fourth-order valence-corrected chi connectivity index (χ4v) is 7.43. The normalized spacial score (nSPS) is 15.4. The Kier molecular flexibility index (Phi) is 27.4. The minimum Gasteiger partial charge on any atom is -0.379 e. The number of hydrazone groups is 1. The van der Waals surface area contributed by atoms with Crippen molar-refractivity contribution in [1.82, 2.24) is 19.7 Å². The second-order valence-electron chi connectivity index (χ2n) is 15.7. The summed E-state index contributed by atoms with van der Waals surface area (Å²) in [6.07, 6.45) is 4.03. The van der Waals surface area contributed by atoms with Crippen LogP contribution in [0.4, 0.5) is 19.0 Å². The molecule has 0 bridgehead atoms. The number of hydrogen-bond acceptors (Lipinski definition) is 19. The number of fused-ring (bicyclic) bond motifs is 1. The Morgan fingerprint density at radius 1 is 0.831 bits per heavy atom. The first-order valence-electron chi connectivity index (χ1n) is 23.2. The van der Waals surface area contributed by atoms with Gasteiger partial charge in [0.2, 0.25) is 0 Å². The standard InChI is InChI=1S/C46H65ClF3N8O12P/c1-34-54-45(40-29-53-58(46(40)55-34)44-7-6-38(70-44)32-69-33-71(59)60)57(30-35-4-2-3-5-41(35)47)10-13-63-16-19-66-22-23-67-24-25-68-31-37(56-51)28-52-9-12-62-15-18-65-21-20-64-17-14-61-11-8-39-42(49)26-36(48)27-43(39)50/h2-5,26-29,38,44,59-60H,6-25,30-33,51H2,1H3/b52-28?,56-37+. The third kappa shape index (κ3) is 21.5. The highest BCUT2D eigenvalue weighted by Gasteiger charge is 2.30. The molecule has 0 aliphatic carbocycles. The van der Waals surface area contributed by atoms with Gasteiger partial charge in [-0.05, 0) is 31.4 Å². The molecule has 394 valence electrons. The van der Waals surface area contributed by atoms with Gasteiger partial charge in [-0.15, -0.1) is 0 Å². The molecule has 2 atom stereocenters. The highest BCUT2D eigenvalue weighted by atomic mass is 35.5. The van der Waals surface area contributed by atoms with Crippen LogP contribution in [0.2, 0.25) is 5.02 Å². The van der Waals surface area contributed by atoms with Crippen molar-refractivity contribution in [1.29, 1.82) is 0 Å². The average Bonchev–Trinajstić information content (AvgIpc) is 3.99. The first-order chi connectivity index (χ1) is 34.6. The Bertz CT molecular complexity index is 2180. The maximum atomic E-state index is 13.7. The summed E-state index contributed by atoms with van der Waals surface area (Å²) in [6, 6.07) is 8.96. The van der Waals surface area contributed by atoms with Gasteiger partial charge in [-0.1, -0.05) is 29.8 Å². The highest BCUT2D eigenvalue weighted by molar-refractivity contribution is 7.44. The molecule has 4 N–H and O–H groups in total. The molecule has 1 fully saturated rings. The molecule has 20 nitrogen and oxygen atoms in total. The Morgan fingerprint density at radius 3 is 2.07 bits per heavy atom. The summed E-state index contributed by atoms with van der Waals surface area (Å²) >= 11 is 6.60. The van der Waals surface area contributed by atoms with E-state index in [0.29, 0.717) is 145 Å². The first-order valence-corrected chi connectivity index (χ1v) is 25.0. The van der Waals surface area contributed by atoms with E-state index in [1.54, 1.807) is 10.9 Å². The molecule has 2 aromatic carbocycles. The number of aromatic nitrogens is 4. The van der Waals surface area contributed by atoms with Crippen LogP contribution in [0, 0.1) is 24.4 Å². The van der Waals surface area contributed by atoms with Crippen LogP contribution in [0.1, 0.15) is 36.0 Å². The number of hydrogen-bond donors (Lipinski definition) is 3. The van der Waals surface area contributed by atoms with E-state index in [9.17, 15) is 13.2 Å². The van der Waals surface area contributed by atoms with Crippen molar-refractivity contribution >= 4 is 48.8 Å². The Labute approximate surface area is 417 Å². The number of ether oxygens (including phenoxy) is 10. The number of benzene rings is 2. The summed E-state index contributed by atoms with van der Waals surface area (Å²) in [5.74, 6) is 3.93. The van der Waals surface area contributed by atoms with Gasteiger partial charge >= 0.3 is 0 Å². The van der Waals surface area contributed by atoms with Crippen molar-refractivity contribution in [2.24, 2.45) is 15.9 Å². The first kappa shape index (κ1) is 57.9. The van der Waals surface area contributed by atoms with Gasteiger partial charge in [0.25, 0.3) is 0 Å². The predicted octanol–water partition coefficient (Wildman–Crippen LogP) is 4.92. The van der Waals surface area contributed by atoms with E-state index in [2.05, 4.69) is 20.1 Å². The third-order valence-electron chi connectivity index (χ3n) is 10.4. The number of nitrogens with two attached hydrogens (primary N) is 1. The van der Waals surface area contributed by atoms with Crippen molar-refractivity contribution in [2.45, 2.75) is 45.1 Å².